The van der Waals surface area contributed by atoms with Crippen LogP contribution in [0.1, 0.15) is 19.8 Å². The highest BCUT2D eigenvalue weighted by Crippen LogP contribution is 2.14. The first-order valence-corrected chi connectivity index (χ1v) is 6.91. The van der Waals surface area contributed by atoms with E-state index in [1.54, 1.807) is 11.8 Å². The van der Waals surface area contributed by atoms with Gasteiger partial charge in [0.25, 0.3) is 0 Å². The average Bonchev–Trinajstić information content (AvgIpc) is 2.28. The molecule has 90 valence electrons. The smallest absolute Gasteiger partial charge is 0.237 e. The highest BCUT2D eigenvalue weighted by molar-refractivity contribution is 7.99. The lowest BCUT2D eigenvalue weighted by atomic mass is 9.94. The van der Waals surface area contributed by atoms with Crippen molar-refractivity contribution < 1.29 is 4.79 Å². The first-order valence-electron chi connectivity index (χ1n) is 5.76. The Balaban J connectivity index is 2.12. The molecule has 16 heavy (non-hydrogen) atoms. The molecule has 1 aliphatic heterocycles. The normalized spacial score (nSPS) is 24.8. The van der Waals surface area contributed by atoms with E-state index in [4.69, 9.17) is 6.42 Å². The highest BCUT2D eigenvalue weighted by atomic mass is 32.2. The summed E-state index contributed by atoms with van der Waals surface area (Å²) in [5.74, 6) is 4.95. The lowest BCUT2D eigenvalue weighted by Crippen LogP contribution is -2.48. The fraction of sp³-hybridized carbons (Fsp3) is 0.750. The Bertz CT molecular complexity index is 262. The van der Waals surface area contributed by atoms with Crippen LogP contribution in [0.2, 0.25) is 0 Å². The third-order valence-corrected chi connectivity index (χ3v) is 3.58. The van der Waals surface area contributed by atoms with Gasteiger partial charge in [0.05, 0.1) is 11.8 Å². The second-order valence-corrected chi connectivity index (χ2v) is 5.29. The maximum Gasteiger partial charge on any atom is 0.237 e. The predicted molar refractivity (Wildman–Crippen MR) is 69.4 cm³/mol. The largest absolute Gasteiger partial charge is 0.354 e. The van der Waals surface area contributed by atoms with Crippen molar-refractivity contribution in [3.8, 4) is 12.3 Å². The van der Waals surface area contributed by atoms with Crippen LogP contribution in [0.3, 0.4) is 0 Å². The minimum absolute atomic E-state index is 0.00128. The summed E-state index contributed by atoms with van der Waals surface area (Å²) in [6, 6.07) is 0.00128. The van der Waals surface area contributed by atoms with Crippen molar-refractivity contribution in [3.63, 3.8) is 0 Å². The number of rotatable bonds is 5. The summed E-state index contributed by atoms with van der Waals surface area (Å²) in [5, 5.41) is 6.19. The zero-order valence-electron chi connectivity index (χ0n) is 9.79. The molecule has 0 aliphatic carbocycles. The quantitative estimate of drug-likeness (QED) is 0.553. The number of piperidine rings is 1. The molecule has 0 spiro atoms. The zero-order valence-corrected chi connectivity index (χ0v) is 10.6. The third kappa shape index (κ3) is 4.91. The highest BCUT2D eigenvalue weighted by Gasteiger charge is 2.23. The standard InChI is InChI=1S/C12H20N2OS/c1-3-7-16-8-6-14-12(15)11-9-10(2)4-5-13-11/h1,10-11,13H,4-9H2,2H3,(H,14,15). The van der Waals surface area contributed by atoms with E-state index in [1.807, 2.05) is 0 Å². The summed E-state index contributed by atoms with van der Waals surface area (Å²) in [4.78, 5) is 11.8. The van der Waals surface area contributed by atoms with Crippen LogP contribution in [-0.4, -0.2) is 36.5 Å². The molecule has 0 aromatic heterocycles. The Morgan fingerprint density at radius 3 is 3.19 bits per heavy atom. The van der Waals surface area contributed by atoms with Crippen molar-refractivity contribution >= 4 is 17.7 Å². The van der Waals surface area contributed by atoms with Gasteiger partial charge in [-0.1, -0.05) is 12.8 Å². The number of nitrogens with one attached hydrogen (secondary N) is 2. The minimum atomic E-state index is 0.00128. The molecule has 2 atom stereocenters. The SMILES string of the molecule is C#CCSCCNC(=O)C1CC(C)CCN1. The molecule has 0 radical (unpaired) electrons. The van der Waals surface area contributed by atoms with Crippen LogP contribution in [0.15, 0.2) is 0 Å². The summed E-state index contributed by atoms with van der Waals surface area (Å²) >= 11 is 1.67. The molecule has 1 rings (SSSR count). The van der Waals surface area contributed by atoms with Crippen LogP contribution in [0.25, 0.3) is 0 Å². The van der Waals surface area contributed by atoms with E-state index < -0.39 is 0 Å². The van der Waals surface area contributed by atoms with Gasteiger partial charge in [0, 0.05) is 12.3 Å². The number of amides is 1. The number of hydrogen-bond acceptors (Lipinski definition) is 3. The van der Waals surface area contributed by atoms with E-state index in [0.717, 1.165) is 18.7 Å². The van der Waals surface area contributed by atoms with Crippen LogP contribution in [0.5, 0.6) is 0 Å². The van der Waals surface area contributed by atoms with Crippen molar-refractivity contribution in [3.05, 3.63) is 0 Å². The fourth-order valence-electron chi connectivity index (χ4n) is 1.81. The van der Waals surface area contributed by atoms with Gasteiger partial charge in [0.1, 0.15) is 0 Å². The Kier molecular flexibility index (Phi) is 6.36. The fourth-order valence-corrected chi connectivity index (χ4v) is 2.32. The molecule has 2 N–H and O–H groups in total. The Hall–Kier alpha value is -0.660. The van der Waals surface area contributed by atoms with Crippen molar-refractivity contribution in [1.29, 1.82) is 0 Å². The summed E-state index contributed by atoms with van der Waals surface area (Å²) in [5.41, 5.74) is 0. The van der Waals surface area contributed by atoms with Crippen LogP contribution >= 0.6 is 11.8 Å². The van der Waals surface area contributed by atoms with Crippen LogP contribution in [0.4, 0.5) is 0 Å². The summed E-state index contributed by atoms with van der Waals surface area (Å²) in [7, 11) is 0. The van der Waals surface area contributed by atoms with Gasteiger partial charge < -0.3 is 10.6 Å². The lowest BCUT2D eigenvalue weighted by Gasteiger charge is -2.27. The molecule has 1 heterocycles. The van der Waals surface area contributed by atoms with Gasteiger partial charge in [0.2, 0.25) is 5.91 Å². The molecule has 0 aromatic carbocycles. The molecule has 1 amide bonds. The maximum absolute atomic E-state index is 11.8. The monoisotopic (exact) mass is 240 g/mol. The third-order valence-electron chi connectivity index (χ3n) is 2.71. The second-order valence-electron chi connectivity index (χ2n) is 4.18. The molecule has 0 saturated carbocycles. The van der Waals surface area contributed by atoms with Gasteiger partial charge in [-0.25, -0.2) is 0 Å². The average molecular weight is 240 g/mol. The second kappa shape index (κ2) is 7.59. The van der Waals surface area contributed by atoms with Crippen molar-refractivity contribution in [2.24, 2.45) is 5.92 Å². The molecular formula is C12H20N2OS. The molecule has 1 saturated heterocycles. The molecular weight excluding hydrogens is 220 g/mol. The van der Waals surface area contributed by atoms with Crippen LogP contribution in [0, 0.1) is 18.3 Å². The number of carbonyl (C=O) groups is 1. The molecule has 3 nitrogen and oxygen atoms in total. The maximum atomic E-state index is 11.8. The molecule has 0 aromatic rings. The molecule has 4 heteroatoms. The van der Waals surface area contributed by atoms with E-state index >= 15 is 0 Å². The summed E-state index contributed by atoms with van der Waals surface area (Å²) in [6.45, 7) is 3.85. The van der Waals surface area contributed by atoms with Crippen molar-refractivity contribution in [2.75, 3.05) is 24.6 Å². The van der Waals surface area contributed by atoms with Crippen LogP contribution < -0.4 is 10.6 Å². The van der Waals surface area contributed by atoms with E-state index in [2.05, 4.69) is 23.5 Å². The van der Waals surface area contributed by atoms with E-state index in [1.165, 1.54) is 6.42 Å². The van der Waals surface area contributed by atoms with Gasteiger partial charge in [0.15, 0.2) is 0 Å². The van der Waals surface area contributed by atoms with Gasteiger partial charge in [-0.2, -0.15) is 0 Å². The van der Waals surface area contributed by atoms with E-state index in [9.17, 15) is 4.79 Å². The number of terminal acetylenes is 1. The Morgan fingerprint density at radius 2 is 2.50 bits per heavy atom. The lowest BCUT2D eigenvalue weighted by molar-refractivity contribution is -0.123. The van der Waals surface area contributed by atoms with E-state index in [0.29, 0.717) is 18.2 Å². The van der Waals surface area contributed by atoms with Crippen molar-refractivity contribution in [1.82, 2.24) is 10.6 Å². The molecule has 0 bridgehead atoms. The molecule has 2 unspecified atom stereocenters. The van der Waals surface area contributed by atoms with Gasteiger partial charge in [-0.15, -0.1) is 18.2 Å². The van der Waals surface area contributed by atoms with Gasteiger partial charge >= 0.3 is 0 Å². The molecule has 1 aliphatic rings. The van der Waals surface area contributed by atoms with Gasteiger partial charge in [-0.3, -0.25) is 4.79 Å². The minimum Gasteiger partial charge on any atom is -0.354 e. The van der Waals surface area contributed by atoms with E-state index in [-0.39, 0.29) is 11.9 Å². The van der Waals surface area contributed by atoms with Crippen molar-refractivity contribution in [2.45, 2.75) is 25.8 Å². The zero-order chi connectivity index (χ0) is 11.8. The topological polar surface area (TPSA) is 41.1 Å². The first kappa shape index (κ1) is 13.4. The summed E-state index contributed by atoms with van der Waals surface area (Å²) < 4.78 is 0. The summed E-state index contributed by atoms with van der Waals surface area (Å²) in [6.07, 6.45) is 7.25. The number of hydrogen-bond donors (Lipinski definition) is 2. The number of carbonyl (C=O) groups excluding carboxylic acids is 1. The van der Waals surface area contributed by atoms with Gasteiger partial charge in [-0.05, 0) is 25.3 Å². The Morgan fingerprint density at radius 1 is 1.69 bits per heavy atom. The first-order chi connectivity index (χ1) is 7.74. The van der Waals surface area contributed by atoms with Crippen LogP contribution in [-0.2, 0) is 4.79 Å². The molecule has 1 fully saturated rings. The number of thioether (sulfide) groups is 1. The predicted octanol–water partition coefficient (Wildman–Crippen LogP) is 0.857. The Labute approximate surface area is 102 Å².